The van der Waals surface area contributed by atoms with Crippen LogP contribution in [0.3, 0.4) is 0 Å². The lowest BCUT2D eigenvalue weighted by atomic mass is 10.3. The topological polar surface area (TPSA) is 95.8 Å². The molecule has 3 rings (SSSR count). The quantitative estimate of drug-likeness (QED) is 0.772. The Morgan fingerprint density at radius 2 is 2.10 bits per heavy atom. The van der Waals surface area contributed by atoms with E-state index in [9.17, 15) is 8.42 Å². The number of hydrogen-bond donors (Lipinski definition) is 1. The number of sulfone groups is 1. The summed E-state index contributed by atoms with van der Waals surface area (Å²) in [5, 5.41) is 0. The second-order valence-electron chi connectivity index (χ2n) is 4.91. The molecule has 0 aliphatic carbocycles. The minimum absolute atomic E-state index is 0.185. The Kier molecular flexibility index (Phi) is 2.98. The zero-order chi connectivity index (χ0) is 15.2. The average Bonchev–Trinajstić information content (AvgIpc) is 2.93. The van der Waals surface area contributed by atoms with Crippen molar-refractivity contribution in [1.29, 1.82) is 0 Å². The summed E-state index contributed by atoms with van der Waals surface area (Å²) >= 11 is 0. The Bertz CT molecular complexity index is 923. The van der Waals surface area contributed by atoms with Crippen LogP contribution < -0.4 is 5.73 Å². The summed E-state index contributed by atoms with van der Waals surface area (Å²) < 4.78 is 27.3. The molecule has 1 aromatic carbocycles. The van der Waals surface area contributed by atoms with Crippen LogP contribution in [0.1, 0.15) is 5.82 Å². The maximum atomic E-state index is 11.8. The molecule has 21 heavy (non-hydrogen) atoms. The number of nitrogens with zero attached hydrogens (tertiary/aromatic N) is 4. The molecule has 0 spiro atoms. The second-order valence-corrected chi connectivity index (χ2v) is 6.89. The summed E-state index contributed by atoms with van der Waals surface area (Å²) in [6, 6.07) is 5.03. The third-order valence-electron chi connectivity index (χ3n) is 3.39. The van der Waals surface area contributed by atoms with E-state index in [4.69, 9.17) is 5.73 Å². The summed E-state index contributed by atoms with van der Waals surface area (Å²) in [7, 11) is -1.47. The van der Waals surface area contributed by atoms with Gasteiger partial charge in [-0.1, -0.05) is 6.07 Å². The van der Waals surface area contributed by atoms with Gasteiger partial charge in [-0.2, -0.15) is 0 Å². The molecule has 8 heteroatoms. The third-order valence-corrected chi connectivity index (χ3v) is 4.52. The van der Waals surface area contributed by atoms with Gasteiger partial charge in [0.15, 0.2) is 9.84 Å². The number of aromatic nitrogens is 4. The first-order valence-corrected chi connectivity index (χ1v) is 8.18. The fourth-order valence-electron chi connectivity index (χ4n) is 2.29. The number of benzene rings is 1. The zero-order valence-electron chi connectivity index (χ0n) is 11.7. The lowest BCUT2D eigenvalue weighted by molar-refractivity contribution is 0.602. The molecular weight excluding hydrogens is 290 g/mol. The first-order valence-electron chi connectivity index (χ1n) is 6.29. The number of imidazole rings is 2. The Balaban J connectivity index is 2.21. The molecule has 0 saturated carbocycles. The van der Waals surface area contributed by atoms with Crippen LogP contribution in [0.15, 0.2) is 35.5 Å². The molecule has 2 N–H and O–H groups in total. The Morgan fingerprint density at radius 1 is 1.33 bits per heavy atom. The van der Waals surface area contributed by atoms with Crippen molar-refractivity contribution in [2.24, 2.45) is 7.05 Å². The highest BCUT2D eigenvalue weighted by Crippen LogP contribution is 2.25. The van der Waals surface area contributed by atoms with Crippen molar-refractivity contribution < 1.29 is 8.42 Å². The van der Waals surface area contributed by atoms with Gasteiger partial charge in [0.1, 0.15) is 11.3 Å². The van der Waals surface area contributed by atoms with Crippen molar-refractivity contribution >= 4 is 26.8 Å². The van der Waals surface area contributed by atoms with Crippen LogP contribution in [0.4, 0.5) is 5.95 Å². The summed E-state index contributed by atoms with van der Waals surface area (Å²) in [5.74, 6) is 1.08. The van der Waals surface area contributed by atoms with Gasteiger partial charge < -0.3 is 14.9 Å². The molecule has 0 unspecified atom stereocenters. The normalized spacial score (nSPS) is 12.1. The number of nitrogens with two attached hydrogens (primary N) is 1. The highest BCUT2D eigenvalue weighted by Gasteiger charge is 2.18. The van der Waals surface area contributed by atoms with E-state index in [-0.39, 0.29) is 10.8 Å². The molecule has 7 nitrogen and oxygen atoms in total. The molecule has 0 atom stereocenters. The van der Waals surface area contributed by atoms with E-state index in [1.165, 1.54) is 6.07 Å². The van der Waals surface area contributed by atoms with Gasteiger partial charge in [0.2, 0.25) is 5.95 Å². The van der Waals surface area contributed by atoms with Crippen LogP contribution in [-0.2, 0) is 23.4 Å². The summed E-state index contributed by atoms with van der Waals surface area (Å²) in [5.41, 5.74) is 7.03. The number of aryl methyl sites for hydroxylation is 1. The predicted octanol–water partition coefficient (Wildman–Crippen LogP) is 0.804. The SMILES string of the molecule is Cn1ccnc1Cn1c(N)nc2c(S(C)(=O)=O)cccc21. The fourth-order valence-corrected chi connectivity index (χ4v) is 3.12. The molecule has 110 valence electrons. The molecule has 0 aliphatic rings. The highest BCUT2D eigenvalue weighted by molar-refractivity contribution is 7.91. The van der Waals surface area contributed by atoms with E-state index in [2.05, 4.69) is 9.97 Å². The number of hydrogen-bond acceptors (Lipinski definition) is 5. The Morgan fingerprint density at radius 3 is 2.71 bits per heavy atom. The summed E-state index contributed by atoms with van der Waals surface area (Å²) in [6.45, 7) is 0.430. The number of para-hydroxylation sites is 1. The van der Waals surface area contributed by atoms with E-state index in [1.54, 1.807) is 22.9 Å². The molecule has 0 saturated heterocycles. The molecule has 0 fully saturated rings. The highest BCUT2D eigenvalue weighted by atomic mass is 32.2. The van der Waals surface area contributed by atoms with Crippen molar-refractivity contribution in [3.8, 4) is 0 Å². The van der Waals surface area contributed by atoms with E-state index >= 15 is 0 Å². The number of fused-ring (bicyclic) bond motifs is 1. The molecule has 0 amide bonds. The van der Waals surface area contributed by atoms with Gasteiger partial charge in [0.05, 0.1) is 17.0 Å². The number of rotatable bonds is 3. The summed E-state index contributed by atoms with van der Waals surface area (Å²) in [6.07, 6.45) is 4.70. The minimum Gasteiger partial charge on any atom is -0.369 e. The van der Waals surface area contributed by atoms with Crippen molar-refractivity contribution in [2.75, 3.05) is 12.0 Å². The molecular formula is C13H15N5O2S. The van der Waals surface area contributed by atoms with Crippen molar-refractivity contribution in [1.82, 2.24) is 19.1 Å². The van der Waals surface area contributed by atoms with Gasteiger partial charge in [-0.3, -0.25) is 0 Å². The standard InChI is InChI=1S/C13H15N5O2S/c1-17-7-6-15-11(17)8-18-9-4-3-5-10(21(2,19)20)12(9)16-13(18)14/h3-7H,8H2,1-2H3,(H2,14,16). The van der Waals surface area contributed by atoms with E-state index in [0.717, 1.165) is 12.1 Å². The first-order chi connectivity index (χ1) is 9.88. The van der Waals surface area contributed by atoms with Gasteiger partial charge >= 0.3 is 0 Å². The molecule has 0 aliphatic heterocycles. The lowest BCUT2D eigenvalue weighted by Gasteiger charge is -2.07. The van der Waals surface area contributed by atoms with Gasteiger partial charge in [-0.15, -0.1) is 0 Å². The van der Waals surface area contributed by atoms with Crippen molar-refractivity contribution in [3.05, 3.63) is 36.4 Å². The molecule has 3 aromatic rings. The minimum atomic E-state index is -3.36. The van der Waals surface area contributed by atoms with Crippen LogP contribution in [0, 0.1) is 0 Å². The van der Waals surface area contributed by atoms with E-state index in [0.29, 0.717) is 17.6 Å². The monoisotopic (exact) mass is 305 g/mol. The predicted molar refractivity (Wildman–Crippen MR) is 79.6 cm³/mol. The van der Waals surface area contributed by atoms with E-state index < -0.39 is 9.84 Å². The summed E-state index contributed by atoms with van der Waals surface area (Å²) in [4.78, 5) is 8.65. The number of anilines is 1. The largest absolute Gasteiger partial charge is 0.369 e. The smallest absolute Gasteiger partial charge is 0.201 e. The van der Waals surface area contributed by atoms with Crippen LogP contribution >= 0.6 is 0 Å². The van der Waals surface area contributed by atoms with Crippen LogP contribution in [0.25, 0.3) is 11.0 Å². The maximum absolute atomic E-state index is 11.8. The van der Waals surface area contributed by atoms with Crippen LogP contribution in [-0.4, -0.2) is 33.8 Å². The van der Waals surface area contributed by atoms with Gasteiger partial charge in [0, 0.05) is 25.7 Å². The van der Waals surface area contributed by atoms with Crippen molar-refractivity contribution in [2.45, 2.75) is 11.4 Å². The zero-order valence-corrected chi connectivity index (χ0v) is 12.5. The lowest BCUT2D eigenvalue weighted by Crippen LogP contribution is -2.08. The molecule has 0 bridgehead atoms. The van der Waals surface area contributed by atoms with E-state index in [1.807, 2.05) is 17.8 Å². The van der Waals surface area contributed by atoms with Gasteiger partial charge in [-0.25, -0.2) is 18.4 Å². The van der Waals surface area contributed by atoms with Gasteiger partial charge in [-0.05, 0) is 12.1 Å². The molecule has 2 aromatic heterocycles. The fraction of sp³-hybridized carbons (Fsp3) is 0.231. The third kappa shape index (κ3) is 2.27. The van der Waals surface area contributed by atoms with Crippen LogP contribution in [0.5, 0.6) is 0 Å². The van der Waals surface area contributed by atoms with Crippen LogP contribution in [0.2, 0.25) is 0 Å². The molecule has 0 radical (unpaired) electrons. The van der Waals surface area contributed by atoms with Gasteiger partial charge in [0.25, 0.3) is 0 Å². The second kappa shape index (κ2) is 4.59. The number of nitrogen functional groups attached to an aromatic ring is 1. The maximum Gasteiger partial charge on any atom is 0.201 e. The Hall–Kier alpha value is -2.35. The average molecular weight is 305 g/mol. The molecule has 2 heterocycles. The Labute approximate surface area is 122 Å². The first kappa shape index (κ1) is 13.6. The van der Waals surface area contributed by atoms with Crippen molar-refractivity contribution in [3.63, 3.8) is 0 Å².